The third-order valence-corrected chi connectivity index (χ3v) is 1.92. The molecule has 0 aliphatic carbocycles. The molecule has 2 aromatic rings. The fourth-order valence-electron chi connectivity index (χ4n) is 1.15. The highest BCUT2D eigenvalue weighted by molar-refractivity contribution is 5.94. The molecule has 2 rings (SSSR count). The Labute approximate surface area is 80.4 Å². The summed E-state index contributed by atoms with van der Waals surface area (Å²) in [5.41, 5.74) is 0. The standard InChI is InChI=1S/C9H9N3O2/c1-12-9(10-6-11-12)5-7(13)8-3-2-4-14-8/h2-4,6H,5H2,1H3. The normalized spacial score (nSPS) is 10.4. The van der Waals surface area contributed by atoms with Crippen LogP contribution in [-0.4, -0.2) is 20.5 Å². The van der Waals surface area contributed by atoms with Crippen LogP contribution in [0.1, 0.15) is 16.4 Å². The molecule has 72 valence electrons. The zero-order chi connectivity index (χ0) is 9.97. The summed E-state index contributed by atoms with van der Waals surface area (Å²) in [6.45, 7) is 0. The van der Waals surface area contributed by atoms with Gasteiger partial charge in [0, 0.05) is 7.05 Å². The van der Waals surface area contributed by atoms with E-state index < -0.39 is 0 Å². The molecule has 14 heavy (non-hydrogen) atoms. The molecule has 0 aliphatic rings. The third-order valence-electron chi connectivity index (χ3n) is 1.92. The molecule has 0 fully saturated rings. The van der Waals surface area contributed by atoms with Gasteiger partial charge in [-0.05, 0) is 12.1 Å². The summed E-state index contributed by atoms with van der Waals surface area (Å²) in [4.78, 5) is 15.5. The number of aromatic nitrogens is 3. The minimum atomic E-state index is -0.0916. The van der Waals surface area contributed by atoms with Crippen LogP contribution in [0.5, 0.6) is 0 Å². The average Bonchev–Trinajstić information content (AvgIpc) is 2.77. The molecule has 2 heterocycles. The highest BCUT2D eigenvalue weighted by Crippen LogP contribution is 2.05. The maximum atomic E-state index is 11.6. The Morgan fingerprint density at radius 1 is 1.64 bits per heavy atom. The first-order valence-electron chi connectivity index (χ1n) is 4.17. The fraction of sp³-hybridized carbons (Fsp3) is 0.222. The van der Waals surface area contributed by atoms with Crippen LogP contribution in [0.25, 0.3) is 0 Å². The second kappa shape index (κ2) is 3.45. The summed E-state index contributed by atoms with van der Waals surface area (Å²) in [6.07, 6.45) is 3.11. The number of carbonyl (C=O) groups is 1. The predicted molar refractivity (Wildman–Crippen MR) is 47.7 cm³/mol. The fourth-order valence-corrected chi connectivity index (χ4v) is 1.15. The molecule has 0 amide bonds. The molecule has 0 aliphatic heterocycles. The van der Waals surface area contributed by atoms with Gasteiger partial charge in [-0.3, -0.25) is 9.48 Å². The molecular formula is C9H9N3O2. The lowest BCUT2D eigenvalue weighted by Gasteiger charge is -1.96. The monoisotopic (exact) mass is 191 g/mol. The zero-order valence-corrected chi connectivity index (χ0v) is 7.67. The maximum Gasteiger partial charge on any atom is 0.205 e. The van der Waals surface area contributed by atoms with E-state index in [1.807, 2.05) is 0 Å². The highest BCUT2D eigenvalue weighted by atomic mass is 16.3. The van der Waals surface area contributed by atoms with E-state index in [1.54, 1.807) is 23.9 Å². The van der Waals surface area contributed by atoms with Crippen LogP contribution >= 0.6 is 0 Å². The number of carbonyl (C=O) groups excluding carboxylic acids is 1. The number of Topliss-reactive ketones (excluding diaryl/α,β-unsaturated/α-hetero) is 1. The van der Waals surface area contributed by atoms with E-state index in [-0.39, 0.29) is 12.2 Å². The van der Waals surface area contributed by atoms with Crippen LogP contribution < -0.4 is 0 Å². The van der Waals surface area contributed by atoms with Crippen LogP contribution in [0.4, 0.5) is 0 Å². The van der Waals surface area contributed by atoms with Crippen molar-refractivity contribution >= 4 is 5.78 Å². The third kappa shape index (κ3) is 1.56. The van der Waals surface area contributed by atoms with Crippen molar-refractivity contribution in [3.05, 3.63) is 36.3 Å². The summed E-state index contributed by atoms with van der Waals surface area (Å²) in [5, 5.41) is 3.87. The summed E-state index contributed by atoms with van der Waals surface area (Å²) in [7, 11) is 1.75. The van der Waals surface area contributed by atoms with Gasteiger partial charge < -0.3 is 4.42 Å². The molecule has 5 nitrogen and oxygen atoms in total. The first-order chi connectivity index (χ1) is 6.77. The van der Waals surface area contributed by atoms with Crippen LogP contribution in [0.15, 0.2) is 29.1 Å². The van der Waals surface area contributed by atoms with Crippen LogP contribution in [0, 0.1) is 0 Å². The van der Waals surface area contributed by atoms with E-state index in [9.17, 15) is 4.79 Å². The van der Waals surface area contributed by atoms with Gasteiger partial charge in [0.1, 0.15) is 12.2 Å². The van der Waals surface area contributed by atoms with Crippen molar-refractivity contribution in [2.75, 3.05) is 0 Å². The smallest absolute Gasteiger partial charge is 0.205 e. The zero-order valence-electron chi connectivity index (χ0n) is 7.67. The van der Waals surface area contributed by atoms with Crippen LogP contribution in [0.3, 0.4) is 0 Å². The largest absolute Gasteiger partial charge is 0.461 e. The van der Waals surface area contributed by atoms with Crippen molar-refractivity contribution in [2.45, 2.75) is 6.42 Å². The number of furan rings is 1. The summed E-state index contributed by atoms with van der Waals surface area (Å²) in [5.74, 6) is 0.894. The Balaban J connectivity index is 2.13. The Bertz CT molecular complexity index is 431. The van der Waals surface area contributed by atoms with Gasteiger partial charge in [0.25, 0.3) is 0 Å². The van der Waals surface area contributed by atoms with Crippen molar-refractivity contribution in [1.29, 1.82) is 0 Å². The average molecular weight is 191 g/mol. The van der Waals surface area contributed by atoms with Crippen molar-refractivity contribution < 1.29 is 9.21 Å². The second-order valence-corrected chi connectivity index (χ2v) is 2.88. The number of nitrogens with zero attached hydrogens (tertiary/aromatic N) is 3. The first-order valence-corrected chi connectivity index (χ1v) is 4.17. The van der Waals surface area contributed by atoms with E-state index in [1.165, 1.54) is 12.6 Å². The summed E-state index contributed by atoms with van der Waals surface area (Å²) >= 11 is 0. The molecule has 0 spiro atoms. The number of hydrogen-bond acceptors (Lipinski definition) is 4. The lowest BCUT2D eigenvalue weighted by molar-refractivity contribution is 0.0963. The van der Waals surface area contributed by atoms with E-state index in [0.29, 0.717) is 11.6 Å². The van der Waals surface area contributed by atoms with Crippen molar-refractivity contribution in [3.8, 4) is 0 Å². The van der Waals surface area contributed by atoms with Crippen LogP contribution in [-0.2, 0) is 13.5 Å². The van der Waals surface area contributed by atoms with Gasteiger partial charge in [0.15, 0.2) is 5.76 Å². The number of aryl methyl sites for hydroxylation is 1. The van der Waals surface area contributed by atoms with Gasteiger partial charge in [-0.15, -0.1) is 0 Å². The molecule has 0 radical (unpaired) electrons. The molecule has 0 atom stereocenters. The predicted octanol–water partition coefficient (Wildman–Crippen LogP) is 0.834. The molecule has 5 heteroatoms. The Hall–Kier alpha value is -1.91. The minimum Gasteiger partial charge on any atom is -0.461 e. The van der Waals surface area contributed by atoms with E-state index in [2.05, 4.69) is 10.1 Å². The molecule has 0 N–H and O–H groups in total. The molecule has 0 aromatic carbocycles. The van der Waals surface area contributed by atoms with Gasteiger partial charge in [-0.25, -0.2) is 4.98 Å². The van der Waals surface area contributed by atoms with Crippen molar-refractivity contribution in [1.82, 2.24) is 14.8 Å². The maximum absolute atomic E-state index is 11.6. The lowest BCUT2D eigenvalue weighted by Crippen LogP contribution is -2.08. The lowest BCUT2D eigenvalue weighted by atomic mass is 10.2. The highest BCUT2D eigenvalue weighted by Gasteiger charge is 2.12. The van der Waals surface area contributed by atoms with Crippen LogP contribution in [0.2, 0.25) is 0 Å². The molecule has 0 unspecified atom stereocenters. The van der Waals surface area contributed by atoms with Gasteiger partial charge in [-0.1, -0.05) is 0 Å². The van der Waals surface area contributed by atoms with Gasteiger partial charge >= 0.3 is 0 Å². The van der Waals surface area contributed by atoms with E-state index in [0.717, 1.165) is 0 Å². The second-order valence-electron chi connectivity index (χ2n) is 2.88. The summed E-state index contributed by atoms with van der Waals surface area (Å²) in [6, 6.07) is 3.32. The van der Waals surface area contributed by atoms with Gasteiger partial charge in [0.05, 0.1) is 12.7 Å². The first kappa shape index (κ1) is 8.68. The Kier molecular flexibility index (Phi) is 2.14. The Morgan fingerprint density at radius 3 is 3.07 bits per heavy atom. The Morgan fingerprint density at radius 2 is 2.50 bits per heavy atom. The van der Waals surface area contributed by atoms with Crippen molar-refractivity contribution in [2.24, 2.45) is 7.05 Å². The van der Waals surface area contributed by atoms with E-state index in [4.69, 9.17) is 4.42 Å². The van der Waals surface area contributed by atoms with Crippen molar-refractivity contribution in [3.63, 3.8) is 0 Å². The van der Waals surface area contributed by atoms with Gasteiger partial charge in [-0.2, -0.15) is 5.10 Å². The van der Waals surface area contributed by atoms with E-state index >= 15 is 0 Å². The number of ketones is 1. The molecule has 0 bridgehead atoms. The number of rotatable bonds is 3. The minimum absolute atomic E-state index is 0.0916. The SMILES string of the molecule is Cn1ncnc1CC(=O)c1ccco1. The number of hydrogen-bond donors (Lipinski definition) is 0. The summed E-state index contributed by atoms with van der Waals surface area (Å²) < 4.78 is 6.55. The molecule has 0 saturated heterocycles. The van der Waals surface area contributed by atoms with Gasteiger partial charge in [0.2, 0.25) is 5.78 Å². The molecule has 0 saturated carbocycles. The quantitative estimate of drug-likeness (QED) is 0.674. The molecule has 2 aromatic heterocycles. The topological polar surface area (TPSA) is 60.9 Å². The molecular weight excluding hydrogens is 182 g/mol.